The molecule has 2 aliphatic heterocycles. The van der Waals surface area contributed by atoms with E-state index in [2.05, 4.69) is 35.2 Å². The molecule has 3 fully saturated rings. The maximum absolute atomic E-state index is 12.7. The van der Waals surface area contributed by atoms with Gasteiger partial charge < -0.3 is 19.3 Å². The highest BCUT2D eigenvalue weighted by Gasteiger charge is 2.82. The van der Waals surface area contributed by atoms with Crippen molar-refractivity contribution in [1.82, 2.24) is 4.90 Å². The van der Waals surface area contributed by atoms with Gasteiger partial charge in [-0.15, -0.1) is 0 Å². The van der Waals surface area contributed by atoms with E-state index in [1.165, 1.54) is 24.0 Å². The summed E-state index contributed by atoms with van der Waals surface area (Å²) in [5.74, 6) is 4.14. The summed E-state index contributed by atoms with van der Waals surface area (Å²) in [7, 11) is 1.74. The topological polar surface area (TPSA) is 51.2 Å². The minimum Gasteiger partial charge on any atom is -0.497 e. The van der Waals surface area contributed by atoms with E-state index < -0.39 is 11.0 Å². The molecule has 4 aliphatic carbocycles. The summed E-state index contributed by atoms with van der Waals surface area (Å²) in [4.78, 5) is 2.64. The molecule has 2 unspecified atom stereocenters. The predicted octanol–water partition coefficient (Wildman–Crippen LogP) is 3.83. The molecule has 34 heavy (non-hydrogen) atoms. The molecular weight excluding hydrogens is 426 g/mol. The van der Waals surface area contributed by atoms with E-state index >= 15 is 0 Å². The Bertz CT molecular complexity index is 1210. The van der Waals surface area contributed by atoms with Gasteiger partial charge in [-0.2, -0.15) is 0 Å². The lowest BCUT2D eigenvalue weighted by Gasteiger charge is -2.55. The number of methoxy groups -OCH3 is 1. The molecule has 2 heterocycles. The third-order valence-corrected chi connectivity index (χ3v) is 9.80. The molecule has 8 rings (SSSR count). The molecule has 0 aromatic heterocycles. The Morgan fingerprint density at radius 1 is 1.15 bits per heavy atom. The Balaban J connectivity index is 1.26. The zero-order valence-corrected chi connectivity index (χ0v) is 19.6. The fourth-order valence-electron chi connectivity index (χ4n) is 8.51. The van der Waals surface area contributed by atoms with E-state index in [-0.39, 0.29) is 12.1 Å². The SMILES string of the molecule is COC1=CC[C@@]2(O)[C@H]3C4Cc5ccc(OCc6ccccc6)c6c5[C@@]2(C4CN3CC2CC2)[C@H]1O6. The van der Waals surface area contributed by atoms with Crippen molar-refractivity contribution < 1.29 is 19.3 Å². The van der Waals surface area contributed by atoms with Crippen LogP contribution in [0.1, 0.15) is 36.0 Å². The Labute approximate surface area is 200 Å². The van der Waals surface area contributed by atoms with Gasteiger partial charge in [-0.3, -0.25) is 4.90 Å². The highest BCUT2D eigenvalue weighted by molar-refractivity contribution is 5.66. The van der Waals surface area contributed by atoms with Gasteiger partial charge in [-0.25, -0.2) is 0 Å². The third kappa shape index (κ3) is 2.24. The lowest BCUT2D eigenvalue weighted by molar-refractivity contribution is -0.134. The first-order valence-corrected chi connectivity index (χ1v) is 12.9. The van der Waals surface area contributed by atoms with Crippen molar-refractivity contribution in [3.8, 4) is 11.5 Å². The fourth-order valence-corrected chi connectivity index (χ4v) is 8.51. The monoisotopic (exact) mass is 457 g/mol. The van der Waals surface area contributed by atoms with Crippen molar-refractivity contribution in [3.63, 3.8) is 0 Å². The van der Waals surface area contributed by atoms with Gasteiger partial charge in [-0.1, -0.05) is 36.4 Å². The van der Waals surface area contributed by atoms with Crippen molar-refractivity contribution in [2.24, 2.45) is 17.8 Å². The van der Waals surface area contributed by atoms with Gasteiger partial charge in [0.05, 0.1) is 18.1 Å². The van der Waals surface area contributed by atoms with E-state index in [1.807, 2.05) is 18.2 Å². The van der Waals surface area contributed by atoms with Crippen molar-refractivity contribution >= 4 is 0 Å². The molecule has 0 radical (unpaired) electrons. The first kappa shape index (κ1) is 19.8. The summed E-state index contributed by atoms with van der Waals surface area (Å²) in [6.07, 6.45) is 6.13. The predicted molar refractivity (Wildman–Crippen MR) is 127 cm³/mol. The molecule has 6 atom stereocenters. The van der Waals surface area contributed by atoms with Crippen LogP contribution < -0.4 is 9.47 Å². The normalized spacial score (nSPS) is 38.4. The fraction of sp³-hybridized carbons (Fsp3) is 0.517. The van der Waals surface area contributed by atoms with Crippen LogP contribution in [-0.2, 0) is 23.2 Å². The van der Waals surface area contributed by atoms with Crippen LogP contribution in [0.3, 0.4) is 0 Å². The number of benzene rings is 2. The number of fused-ring (bicyclic) bond motifs is 1. The third-order valence-electron chi connectivity index (χ3n) is 9.80. The Kier molecular flexibility index (Phi) is 3.83. The van der Waals surface area contributed by atoms with Gasteiger partial charge in [0.25, 0.3) is 0 Å². The Morgan fingerprint density at radius 2 is 2.00 bits per heavy atom. The van der Waals surface area contributed by atoms with E-state index in [0.29, 0.717) is 24.9 Å². The number of nitrogens with zero attached hydrogens (tertiary/aromatic N) is 1. The standard InChI is InChI=1S/C29H31NO4/c1-32-23-11-12-28(31)26-20-13-19-9-10-22(33-16-18-5-3-2-4-6-18)25-24(19)29(28,27(23)34-25)21(20)15-30(26)14-17-7-8-17/h2-6,9-11,17,20-21,26-27,31H,7-8,12-16H2,1H3/t20?,21?,26-,27+,28-,29+/m1/s1. The van der Waals surface area contributed by atoms with Gasteiger partial charge in [0, 0.05) is 31.1 Å². The van der Waals surface area contributed by atoms with E-state index in [4.69, 9.17) is 14.2 Å². The van der Waals surface area contributed by atoms with Crippen molar-refractivity contribution in [3.05, 3.63) is 71.0 Å². The molecule has 1 spiro atoms. The first-order valence-electron chi connectivity index (χ1n) is 12.9. The largest absolute Gasteiger partial charge is 0.497 e. The highest BCUT2D eigenvalue weighted by Crippen LogP contribution is 2.74. The molecule has 2 saturated carbocycles. The maximum atomic E-state index is 12.7. The van der Waals surface area contributed by atoms with Crippen molar-refractivity contribution in [2.75, 3.05) is 20.2 Å². The van der Waals surface area contributed by atoms with Gasteiger partial charge >= 0.3 is 0 Å². The number of hydrogen-bond donors (Lipinski definition) is 1. The quantitative estimate of drug-likeness (QED) is 0.715. The minimum atomic E-state index is -0.837. The Morgan fingerprint density at radius 3 is 2.79 bits per heavy atom. The number of likely N-dealkylation sites (tertiary alicyclic amines) is 1. The molecule has 4 bridgehead atoms. The highest BCUT2D eigenvalue weighted by atomic mass is 16.6. The van der Waals surface area contributed by atoms with Crippen LogP contribution in [0.4, 0.5) is 0 Å². The van der Waals surface area contributed by atoms with Gasteiger partial charge in [-0.05, 0) is 60.3 Å². The van der Waals surface area contributed by atoms with E-state index in [0.717, 1.165) is 48.2 Å². The van der Waals surface area contributed by atoms with E-state index in [1.54, 1.807) is 7.11 Å². The number of aliphatic hydroxyl groups is 1. The number of piperidine rings is 1. The molecule has 6 aliphatic rings. The zero-order valence-electron chi connectivity index (χ0n) is 19.6. The average Bonchev–Trinajstić information content (AvgIpc) is 3.44. The van der Waals surface area contributed by atoms with Crippen LogP contribution in [-0.4, -0.2) is 48.0 Å². The minimum absolute atomic E-state index is 0.186. The van der Waals surface area contributed by atoms with Crippen LogP contribution in [0.15, 0.2) is 54.3 Å². The number of hydrogen-bond acceptors (Lipinski definition) is 5. The molecule has 176 valence electrons. The summed E-state index contributed by atoms with van der Waals surface area (Å²) in [6.45, 7) is 2.69. The second-order valence-corrected chi connectivity index (χ2v) is 11.3. The van der Waals surface area contributed by atoms with E-state index in [9.17, 15) is 5.11 Å². The van der Waals surface area contributed by atoms with Gasteiger partial charge in [0.1, 0.15) is 12.4 Å². The maximum Gasteiger partial charge on any atom is 0.168 e. The van der Waals surface area contributed by atoms with Crippen LogP contribution in [0.25, 0.3) is 0 Å². The van der Waals surface area contributed by atoms with Crippen LogP contribution in [0.2, 0.25) is 0 Å². The smallest absolute Gasteiger partial charge is 0.168 e. The summed E-state index contributed by atoms with van der Waals surface area (Å²) in [5, 5.41) is 12.7. The van der Waals surface area contributed by atoms with Gasteiger partial charge in [0.15, 0.2) is 17.6 Å². The summed E-state index contributed by atoms with van der Waals surface area (Å²) < 4.78 is 19.0. The summed E-state index contributed by atoms with van der Waals surface area (Å²) in [6, 6.07) is 14.8. The van der Waals surface area contributed by atoms with Crippen LogP contribution in [0, 0.1) is 17.8 Å². The average molecular weight is 458 g/mol. The van der Waals surface area contributed by atoms with Gasteiger partial charge in [0.2, 0.25) is 0 Å². The second kappa shape index (κ2) is 6.58. The van der Waals surface area contributed by atoms with Crippen molar-refractivity contribution in [2.45, 2.75) is 55.5 Å². The zero-order chi connectivity index (χ0) is 22.7. The lowest BCUT2D eigenvalue weighted by atomic mass is 9.54. The second-order valence-electron chi connectivity index (χ2n) is 11.3. The summed E-state index contributed by atoms with van der Waals surface area (Å²) in [5.41, 5.74) is 2.39. The first-order chi connectivity index (χ1) is 16.6. The van der Waals surface area contributed by atoms with Crippen LogP contribution >= 0.6 is 0 Å². The molecule has 1 N–H and O–H groups in total. The molecule has 1 saturated heterocycles. The number of rotatable bonds is 6. The molecule has 5 heteroatoms. The number of ether oxygens (including phenoxy) is 3. The lowest BCUT2D eigenvalue weighted by Crippen LogP contribution is -2.69. The molecule has 2 aromatic carbocycles. The molecule has 5 nitrogen and oxygen atoms in total. The molecular formula is C29H31NO4. The summed E-state index contributed by atoms with van der Waals surface area (Å²) >= 11 is 0. The van der Waals surface area contributed by atoms with Crippen molar-refractivity contribution in [1.29, 1.82) is 0 Å². The molecule has 2 aromatic rings. The Hall–Kier alpha value is -2.50. The molecule has 0 amide bonds. The van der Waals surface area contributed by atoms with Crippen LogP contribution in [0.5, 0.6) is 11.5 Å².